The van der Waals surface area contributed by atoms with Gasteiger partial charge in [-0.25, -0.2) is 0 Å². The average molecular weight is 403 g/mol. The second kappa shape index (κ2) is 5.87. The lowest BCUT2D eigenvalue weighted by Crippen LogP contribution is -2.71. The van der Waals surface area contributed by atoms with Crippen molar-refractivity contribution in [2.75, 3.05) is 0 Å². The molecule has 2 aromatic carbocycles. The Hall–Kier alpha value is -2.36. The highest BCUT2D eigenvalue weighted by Gasteiger charge is 2.65. The summed E-state index contributed by atoms with van der Waals surface area (Å²) >= 11 is 0. The van der Waals surface area contributed by atoms with E-state index in [9.17, 15) is 9.59 Å². The molecule has 5 aliphatic rings. The van der Waals surface area contributed by atoms with Crippen molar-refractivity contribution < 1.29 is 9.59 Å². The van der Waals surface area contributed by atoms with E-state index in [-0.39, 0.29) is 29.3 Å². The van der Waals surface area contributed by atoms with Gasteiger partial charge in [0.25, 0.3) is 0 Å². The number of β-lactam (4-membered cyclic amide) rings is 1. The summed E-state index contributed by atoms with van der Waals surface area (Å²) in [4.78, 5) is 28.1. The van der Waals surface area contributed by atoms with Gasteiger partial charge in [-0.15, -0.1) is 0 Å². The number of primary amides is 1. The van der Waals surface area contributed by atoms with E-state index in [1.807, 2.05) is 0 Å². The largest absolute Gasteiger partial charge is 0.369 e. The van der Waals surface area contributed by atoms with Crippen molar-refractivity contribution in [1.82, 2.24) is 4.90 Å². The van der Waals surface area contributed by atoms with Crippen molar-refractivity contribution in [3.05, 3.63) is 48.0 Å². The molecule has 4 bridgehead atoms. The molecular weight excluding hydrogens is 372 g/mol. The fourth-order valence-corrected chi connectivity index (χ4v) is 7.94. The number of benzene rings is 2. The Labute approximate surface area is 177 Å². The molecule has 7 rings (SSSR count). The Morgan fingerprint density at radius 3 is 2.37 bits per heavy atom. The van der Waals surface area contributed by atoms with Crippen LogP contribution < -0.4 is 5.73 Å². The zero-order valence-electron chi connectivity index (χ0n) is 17.8. The van der Waals surface area contributed by atoms with Gasteiger partial charge in [0.1, 0.15) is 0 Å². The molecule has 2 aromatic rings. The summed E-state index contributed by atoms with van der Waals surface area (Å²) in [6.45, 7) is 4.19. The first kappa shape index (κ1) is 18.4. The molecule has 6 atom stereocenters. The van der Waals surface area contributed by atoms with E-state index in [4.69, 9.17) is 5.73 Å². The van der Waals surface area contributed by atoms with Gasteiger partial charge in [0, 0.05) is 11.5 Å². The van der Waals surface area contributed by atoms with Crippen LogP contribution in [0.5, 0.6) is 0 Å². The second-order valence-corrected chi connectivity index (χ2v) is 11.0. The summed E-state index contributed by atoms with van der Waals surface area (Å²) in [5.41, 5.74) is 6.43. The van der Waals surface area contributed by atoms with E-state index in [0.717, 1.165) is 32.1 Å². The lowest BCUT2D eigenvalue weighted by Gasteiger charge is -2.66. The van der Waals surface area contributed by atoms with E-state index in [2.05, 4.69) is 61.2 Å². The number of carbonyl (C=O) groups is 2. The van der Waals surface area contributed by atoms with Crippen molar-refractivity contribution in [2.24, 2.45) is 34.3 Å². The van der Waals surface area contributed by atoms with Gasteiger partial charge in [-0.3, -0.25) is 9.59 Å². The van der Waals surface area contributed by atoms with Crippen molar-refractivity contribution in [3.8, 4) is 0 Å². The minimum Gasteiger partial charge on any atom is -0.369 e. The average Bonchev–Trinajstić information content (AvgIpc) is 2.71. The fraction of sp³-hybridized carbons (Fsp3) is 0.538. The Morgan fingerprint density at radius 2 is 1.67 bits per heavy atom. The number of nitrogens with zero attached hydrogens (tertiary/aromatic N) is 1. The van der Waals surface area contributed by atoms with Crippen LogP contribution in [0.25, 0.3) is 10.8 Å². The van der Waals surface area contributed by atoms with Crippen LogP contribution >= 0.6 is 0 Å². The number of amides is 2. The lowest BCUT2D eigenvalue weighted by atomic mass is 9.46. The highest BCUT2D eigenvalue weighted by atomic mass is 16.2. The van der Waals surface area contributed by atoms with E-state index >= 15 is 0 Å². The van der Waals surface area contributed by atoms with Gasteiger partial charge in [-0.2, -0.15) is 0 Å². The van der Waals surface area contributed by atoms with E-state index in [0.29, 0.717) is 17.8 Å². The minimum atomic E-state index is -0.403. The van der Waals surface area contributed by atoms with Crippen LogP contribution in [0.1, 0.15) is 57.6 Å². The van der Waals surface area contributed by atoms with Crippen molar-refractivity contribution in [3.63, 3.8) is 0 Å². The third kappa shape index (κ3) is 2.23. The molecule has 2 amide bonds. The van der Waals surface area contributed by atoms with Crippen molar-refractivity contribution in [2.45, 2.75) is 58.0 Å². The van der Waals surface area contributed by atoms with Gasteiger partial charge in [-0.1, -0.05) is 42.5 Å². The van der Waals surface area contributed by atoms with E-state index < -0.39 is 5.41 Å². The first-order valence-electron chi connectivity index (χ1n) is 11.4. The summed E-state index contributed by atoms with van der Waals surface area (Å²) in [6.07, 6.45) is 4.98. The van der Waals surface area contributed by atoms with Crippen LogP contribution in [0.4, 0.5) is 0 Å². The van der Waals surface area contributed by atoms with Gasteiger partial charge in [0.15, 0.2) is 0 Å². The molecule has 4 nitrogen and oxygen atoms in total. The summed E-state index contributed by atoms with van der Waals surface area (Å²) in [6, 6.07) is 15.3. The molecule has 4 aliphatic carbocycles. The first-order valence-corrected chi connectivity index (χ1v) is 11.4. The normalized spacial score (nSPS) is 38.7. The summed E-state index contributed by atoms with van der Waals surface area (Å²) in [5.74, 6) is 1.57. The zero-order valence-corrected chi connectivity index (χ0v) is 17.8. The van der Waals surface area contributed by atoms with Crippen molar-refractivity contribution >= 4 is 22.6 Å². The van der Waals surface area contributed by atoms with E-state index in [1.165, 1.54) is 16.3 Å². The predicted molar refractivity (Wildman–Crippen MR) is 116 cm³/mol. The summed E-state index contributed by atoms with van der Waals surface area (Å²) in [7, 11) is 0. The van der Waals surface area contributed by atoms with Gasteiger partial charge in [-0.05, 0) is 80.0 Å². The molecule has 0 radical (unpaired) electrons. The Balaban J connectivity index is 1.42. The third-order valence-electron chi connectivity index (χ3n) is 8.93. The monoisotopic (exact) mass is 402 g/mol. The Morgan fingerprint density at radius 1 is 1.00 bits per heavy atom. The molecule has 4 heteroatoms. The smallest absolute Gasteiger partial charge is 0.231 e. The molecular formula is C26H30N2O2. The molecule has 30 heavy (non-hydrogen) atoms. The van der Waals surface area contributed by atoms with Crippen LogP contribution in [0, 0.1) is 28.6 Å². The van der Waals surface area contributed by atoms with E-state index in [1.54, 1.807) is 0 Å². The fourth-order valence-electron chi connectivity index (χ4n) is 7.94. The maximum Gasteiger partial charge on any atom is 0.231 e. The molecule has 5 fully saturated rings. The number of nitrogens with two attached hydrogens (primary N) is 1. The SMILES string of the molecule is CC1(C)C(=O)N(C2C3CC4C[C@H]2CC(C(N)=O)(C4)C3)C1c1cccc2ccccc12. The zero-order chi connectivity index (χ0) is 20.8. The molecule has 1 aliphatic heterocycles. The van der Waals surface area contributed by atoms with Crippen LogP contribution in [-0.4, -0.2) is 22.8 Å². The second-order valence-electron chi connectivity index (χ2n) is 11.0. The number of carbonyl (C=O) groups excluding carboxylic acids is 2. The number of hydrogen-bond donors (Lipinski definition) is 1. The topological polar surface area (TPSA) is 63.4 Å². The van der Waals surface area contributed by atoms with Crippen LogP contribution in [0.15, 0.2) is 42.5 Å². The minimum absolute atomic E-state index is 0.0863. The molecule has 156 valence electrons. The number of fused-ring (bicyclic) bond motifs is 1. The van der Waals surface area contributed by atoms with Crippen molar-refractivity contribution in [1.29, 1.82) is 0 Å². The molecule has 4 saturated carbocycles. The Bertz CT molecular complexity index is 1050. The van der Waals surface area contributed by atoms with Gasteiger partial charge < -0.3 is 10.6 Å². The molecule has 5 unspecified atom stereocenters. The number of likely N-dealkylation sites (tertiary alicyclic amines) is 1. The first-order chi connectivity index (χ1) is 14.3. The Kier molecular flexibility index (Phi) is 3.60. The highest BCUT2D eigenvalue weighted by molar-refractivity contribution is 5.94. The summed E-state index contributed by atoms with van der Waals surface area (Å²) < 4.78 is 0. The molecule has 2 N–H and O–H groups in total. The maximum absolute atomic E-state index is 13.5. The molecule has 1 saturated heterocycles. The highest BCUT2D eigenvalue weighted by Crippen LogP contribution is 2.64. The standard InChI is InChI=1S/C26H30N2O2/c1-25(2)22(20-9-5-7-16-6-3-4-8-19(16)20)28(24(25)30)21-17-10-15-11-18(21)14-26(12-15,13-17)23(27)29/h3-9,15,17-18,21-22H,10-14H2,1-2H3,(H2,27,29)/t15?,17-,18?,21?,22?,26?/m0/s1. The third-order valence-corrected chi connectivity index (χ3v) is 8.93. The van der Waals surface area contributed by atoms with Gasteiger partial charge in [0.05, 0.1) is 11.5 Å². The molecule has 0 spiro atoms. The number of hydrogen-bond acceptors (Lipinski definition) is 2. The van der Waals surface area contributed by atoms with Crippen LogP contribution in [0.3, 0.4) is 0 Å². The van der Waals surface area contributed by atoms with Crippen LogP contribution in [0.2, 0.25) is 0 Å². The van der Waals surface area contributed by atoms with Gasteiger partial charge >= 0.3 is 0 Å². The van der Waals surface area contributed by atoms with Crippen LogP contribution in [-0.2, 0) is 9.59 Å². The number of rotatable bonds is 3. The quantitative estimate of drug-likeness (QED) is 0.772. The molecule has 0 aromatic heterocycles. The lowest BCUT2D eigenvalue weighted by molar-refractivity contribution is -0.198. The predicted octanol–water partition coefficient (Wildman–Crippen LogP) is 4.43. The van der Waals surface area contributed by atoms with Gasteiger partial charge in [0.2, 0.25) is 11.8 Å². The maximum atomic E-state index is 13.5. The molecule has 1 heterocycles. The summed E-state index contributed by atoms with van der Waals surface area (Å²) in [5, 5.41) is 2.47.